The smallest absolute Gasteiger partial charge is 0.389 e. The molecule has 0 bridgehead atoms. The zero-order valence-corrected chi connectivity index (χ0v) is 19.0. The molecule has 0 aliphatic carbocycles. The van der Waals surface area contributed by atoms with Crippen molar-refractivity contribution in [3.63, 3.8) is 0 Å². The lowest BCUT2D eigenvalue weighted by Crippen LogP contribution is -2.51. The van der Waals surface area contributed by atoms with Crippen molar-refractivity contribution in [2.75, 3.05) is 23.3 Å². The summed E-state index contributed by atoms with van der Waals surface area (Å²) in [5, 5.41) is 12.7. The average molecular weight is 498 g/mol. The number of fused-ring (bicyclic) bond motifs is 1. The molecule has 5 rings (SSSR count). The molecule has 6 nitrogen and oxygen atoms in total. The van der Waals surface area contributed by atoms with Crippen LogP contribution in [0.1, 0.15) is 16.8 Å². The molecule has 186 valence electrons. The van der Waals surface area contributed by atoms with Crippen molar-refractivity contribution in [2.24, 2.45) is 0 Å². The molecule has 2 aromatic carbocycles. The number of aliphatic hydroxyl groups excluding tert-OH is 1. The van der Waals surface area contributed by atoms with Gasteiger partial charge >= 0.3 is 6.18 Å². The summed E-state index contributed by atoms with van der Waals surface area (Å²) >= 11 is 0. The Morgan fingerprint density at radius 2 is 1.89 bits per heavy atom. The number of nitrogens with one attached hydrogen (secondary N) is 1. The molecule has 0 unspecified atom stereocenters. The zero-order valence-electron chi connectivity index (χ0n) is 19.0. The van der Waals surface area contributed by atoms with E-state index in [2.05, 4.69) is 10.3 Å². The number of aliphatic hydroxyl groups is 1. The Balaban J connectivity index is 1.40. The number of carbonyl (C=O) groups excluding carboxylic acids is 1. The molecule has 0 saturated carbocycles. The van der Waals surface area contributed by atoms with Crippen molar-refractivity contribution >= 4 is 28.3 Å². The number of β-amino-alcohol motifs (C(OH)–C–C–N with tert-alkyl or cyclic N) is 1. The van der Waals surface area contributed by atoms with Gasteiger partial charge in [-0.1, -0.05) is 18.2 Å². The standard InChI is InChI=1S/C26H22F4N4O2/c27-19-3-1-2-16(8-19)13-34-21(9-17-4-5-18(10-23(17)34)26(28,29)30)11-25(36)32-20-6-7-24(31-12-20)33-14-22(35)15-33/h1-10,12,22,35H,11,13-15H2,(H,32,36). The van der Waals surface area contributed by atoms with E-state index in [1.807, 2.05) is 4.90 Å². The normalized spacial score (nSPS) is 14.2. The van der Waals surface area contributed by atoms with Gasteiger partial charge in [-0.25, -0.2) is 9.37 Å². The SMILES string of the molecule is O=C(Cc1cc2ccc(C(F)(F)F)cc2n1Cc1cccc(F)c1)Nc1ccc(N2CC(O)C2)nc1. The number of rotatable bonds is 6. The maximum absolute atomic E-state index is 13.8. The van der Waals surface area contributed by atoms with Crippen LogP contribution < -0.4 is 10.2 Å². The number of amides is 1. The van der Waals surface area contributed by atoms with Gasteiger partial charge in [0.05, 0.1) is 30.0 Å². The molecule has 4 aromatic rings. The third-order valence-corrected chi connectivity index (χ3v) is 6.11. The minimum atomic E-state index is -4.52. The van der Waals surface area contributed by atoms with Gasteiger partial charge in [0.15, 0.2) is 0 Å². The fourth-order valence-electron chi connectivity index (χ4n) is 4.30. The van der Waals surface area contributed by atoms with E-state index in [1.54, 1.807) is 28.8 Å². The molecule has 0 radical (unpaired) electrons. The first-order valence-electron chi connectivity index (χ1n) is 11.3. The first-order chi connectivity index (χ1) is 17.2. The van der Waals surface area contributed by atoms with E-state index in [9.17, 15) is 27.5 Å². The third kappa shape index (κ3) is 5.03. The lowest BCUT2D eigenvalue weighted by Gasteiger charge is -2.36. The molecule has 1 aliphatic heterocycles. The number of aromatic nitrogens is 2. The second-order valence-corrected chi connectivity index (χ2v) is 8.81. The molecule has 3 heterocycles. The van der Waals surface area contributed by atoms with Gasteiger partial charge in [-0.3, -0.25) is 4.79 Å². The predicted octanol–water partition coefficient (Wildman–Crippen LogP) is 4.60. The number of hydrogen-bond acceptors (Lipinski definition) is 4. The highest BCUT2D eigenvalue weighted by Gasteiger charge is 2.31. The second-order valence-electron chi connectivity index (χ2n) is 8.81. The summed E-state index contributed by atoms with van der Waals surface area (Å²) in [5.41, 5.74) is 1.02. The Labute approximate surface area is 203 Å². The number of carbonyl (C=O) groups is 1. The van der Waals surface area contributed by atoms with Crippen LogP contribution in [0.5, 0.6) is 0 Å². The molecular formula is C26H22F4N4O2. The number of hydrogen-bond donors (Lipinski definition) is 2. The van der Waals surface area contributed by atoms with Crippen molar-refractivity contribution in [1.29, 1.82) is 0 Å². The van der Waals surface area contributed by atoms with E-state index in [0.29, 0.717) is 46.8 Å². The Bertz CT molecular complexity index is 1410. The Morgan fingerprint density at radius 3 is 2.56 bits per heavy atom. The number of benzene rings is 2. The van der Waals surface area contributed by atoms with Gasteiger partial charge in [0.25, 0.3) is 0 Å². The highest BCUT2D eigenvalue weighted by molar-refractivity contribution is 5.93. The zero-order chi connectivity index (χ0) is 25.4. The van der Waals surface area contributed by atoms with Gasteiger partial charge in [0.1, 0.15) is 11.6 Å². The van der Waals surface area contributed by atoms with Crippen molar-refractivity contribution in [3.05, 3.63) is 89.5 Å². The number of anilines is 2. The fourth-order valence-corrected chi connectivity index (χ4v) is 4.30. The fraction of sp³-hybridized carbons (Fsp3) is 0.231. The summed E-state index contributed by atoms with van der Waals surface area (Å²) in [6.07, 6.45) is -3.48. The van der Waals surface area contributed by atoms with E-state index in [-0.39, 0.29) is 25.0 Å². The average Bonchev–Trinajstić information content (AvgIpc) is 3.13. The Morgan fingerprint density at radius 1 is 1.08 bits per heavy atom. The Kier molecular flexibility index (Phi) is 6.13. The molecule has 1 amide bonds. The predicted molar refractivity (Wildman–Crippen MR) is 127 cm³/mol. The summed E-state index contributed by atoms with van der Waals surface area (Å²) in [4.78, 5) is 19.0. The molecule has 1 saturated heterocycles. The number of halogens is 4. The van der Waals surface area contributed by atoms with Crippen LogP contribution in [0, 0.1) is 5.82 Å². The van der Waals surface area contributed by atoms with E-state index < -0.39 is 17.6 Å². The molecule has 2 aromatic heterocycles. The molecule has 1 aliphatic rings. The quantitative estimate of drug-likeness (QED) is 0.381. The molecule has 2 N–H and O–H groups in total. The van der Waals surface area contributed by atoms with Crippen LogP contribution in [-0.2, 0) is 23.9 Å². The minimum Gasteiger partial charge on any atom is -0.389 e. The maximum atomic E-state index is 13.8. The van der Waals surface area contributed by atoms with E-state index >= 15 is 0 Å². The molecule has 0 atom stereocenters. The van der Waals surface area contributed by atoms with E-state index in [1.165, 1.54) is 30.5 Å². The highest BCUT2D eigenvalue weighted by Crippen LogP contribution is 2.33. The maximum Gasteiger partial charge on any atom is 0.416 e. The van der Waals surface area contributed by atoms with Crippen molar-refractivity contribution in [2.45, 2.75) is 25.2 Å². The monoisotopic (exact) mass is 498 g/mol. The number of alkyl halides is 3. The number of pyridine rings is 1. The van der Waals surface area contributed by atoms with Gasteiger partial charge < -0.3 is 19.9 Å². The van der Waals surface area contributed by atoms with Crippen LogP contribution in [0.15, 0.2) is 66.9 Å². The van der Waals surface area contributed by atoms with Gasteiger partial charge in [-0.15, -0.1) is 0 Å². The Hall–Kier alpha value is -3.92. The lowest BCUT2D eigenvalue weighted by molar-refractivity contribution is -0.137. The molecular weight excluding hydrogens is 476 g/mol. The second kappa shape index (κ2) is 9.27. The lowest BCUT2D eigenvalue weighted by atomic mass is 10.1. The highest BCUT2D eigenvalue weighted by atomic mass is 19.4. The molecule has 36 heavy (non-hydrogen) atoms. The van der Waals surface area contributed by atoms with Crippen molar-refractivity contribution in [3.8, 4) is 0 Å². The molecule has 1 fully saturated rings. The van der Waals surface area contributed by atoms with Crippen molar-refractivity contribution < 1.29 is 27.5 Å². The summed E-state index contributed by atoms with van der Waals surface area (Å²) in [7, 11) is 0. The molecule has 10 heteroatoms. The van der Waals surface area contributed by atoms with Gasteiger partial charge in [-0.2, -0.15) is 13.2 Å². The van der Waals surface area contributed by atoms with E-state index in [0.717, 1.165) is 12.1 Å². The van der Waals surface area contributed by atoms with Crippen LogP contribution >= 0.6 is 0 Å². The van der Waals surface area contributed by atoms with Crippen LogP contribution in [0.2, 0.25) is 0 Å². The summed E-state index contributed by atoms with van der Waals surface area (Å²) in [6.45, 7) is 1.11. The van der Waals surface area contributed by atoms with Gasteiger partial charge in [-0.05, 0) is 53.4 Å². The van der Waals surface area contributed by atoms with Gasteiger partial charge in [0.2, 0.25) is 5.91 Å². The van der Waals surface area contributed by atoms with Crippen molar-refractivity contribution in [1.82, 2.24) is 9.55 Å². The third-order valence-electron chi connectivity index (χ3n) is 6.11. The van der Waals surface area contributed by atoms with Gasteiger partial charge in [0, 0.05) is 30.8 Å². The molecule has 0 spiro atoms. The number of nitrogens with zero attached hydrogens (tertiary/aromatic N) is 3. The first kappa shape index (κ1) is 23.8. The van der Waals surface area contributed by atoms with Crippen LogP contribution in [-0.4, -0.2) is 39.8 Å². The minimum absolute atomic E-state index is 0.100. The topological polar surface area (TPSA) is 70.4 Å². The van der Waals surface area contributed by atoms with Crippen LogP contribution in [0.4, 0.5) is 29.1 Å². The first-order valence-corrected chi connectivity index (χ1v) is 11.3. The van der Waals surface area contributed by atoms with Crippen LogP contribution in [0.25, 0.3) is 10.9 Å². The largest absolute Gasteiger partial charge is 0.416 e. The van der Waals surface area contributed by atoms with E-state index in [4.69, 9.17) is 0 Å². The van der Waals surface area contributed by atoms with Crippen LogP contribution in [0.3, 0.4) is 0 Å². The summed E-state index contributed by atoms with van der Waals surface area (Å²) in [5.74, 6) is -0.139. The summed E-state index contributed by atoms with van der Waals surface area (Å²) < 4.78 is 55.5. The summed E-state index contributed by atoms with van der Waals surface area (Å²) in [6, 6.07) is 14.3.